The van der Waals surface area contributed by atoms with Gasteiger partial charge >= 0.3 is 13.1 Å². The van der Waals surface area contributed by atoms with Gasteiger partial charge in [0.2, 0.25) is 5.91 Å². The van der Waals surface area contributed by atoms with Crippen LogP contribution in [0.5, 0.6) is 11.5 Å². The molecule has 1 atom stereocenters. The molecule has 0 saturated carbocycles. The SMILES string of the molecule is COc1ccc2c(c1C(=O)O)OB(O)C(NC(=O)CSC)C2. The first-order valence-electron chi connectivity index (χ1n) is 6.54. The number of nitrogens with one attached hydrogen (secondary N) is 1. The third kappa shape index (κ3) is 3.31. The predicted molar refractivity (Wildman–Crippen MR) is 82.6 cm³/mol. The van der Waals surface area contributed by atoms with Crippen LogP contribution in [0, 0.1) is 0 Å². The van der Waals surface area contributed by atoms with Crippen LogP contribution in [-0.4, -0.2) is 54.2 Å². The van der Waals surface area contributed by atoms with Gasteiger partial charge in [-0.05, 0) is 24.3 Å². The number of hydrogen-bond donors (Lipinski definition) is 3. The molecule has 0 spiro atoms. The van der Waals surface area contributed by atoms with Crippen LogP contribution in [0.15, 0.2) is 12.1 Å². The van der Waals surface area contributed by atoms with Gasteiger partial charge in [0, 0.05) is 0 Å². The van der Waals surface area contributed by atoms with E-state index in [-0.39, 0.29) is 35.1 Å². The van der Waals surface area contributed by atoms with Crippen LogP contribution >= 0.6 is 11.8 Å². The van der Waals surface area contributed by atoms with Gasteiger partial charge in [0.05, 0.1) is 18.8 Å². The van der Waals surface area contributed by atoms with Gasteiger partial charge in [0.25, 0.3) is 0 Å². The Morgan fingerprint density at radius 1 is 1.55 bits per heavy atom. The summed E-state index contributed by atoms with van der Waals surface area (Å²) >= 11 is 1.37. The molecule has 22 heavy (non-hydrogen) atoms. The number of hydrogen-bond acceptors (Lipinski definition) is 6. The summed E-state index contributed by atoms with van der Waals surface area (Å²) in [5, 5.41) is 22.0. The van der Waals surface area contributed by atoms with Crippen molar-refractivity contribution in [3.63, 3.8) is 0 Å². The van der Waals surface area contributed by atoms with Gasteiger partial charge in [-0.25, -0.2) is 4.79 Å². The van der Waals surface area contributed by atoms with Crippen molar-refractivity contribution in [2.45, 2.75) is 12.4 Å². The Labute approximate surface area is 132 Å². The molecule has 1 aromatic carbocycles. The first-order valence-corrected chi connectivity index (χ1v) is 7.93. The van der Waals surface area contributed by atoms with E-state index in [0.717, 1.165) is 0 Å². The summed E-state index contributed by atoms with van der Waals surface area (Å²) < 4.78 is 10.3. The van der Waals surface area contributed by atoms with E-state index in [4.69, 9.17) is 9.39 Å². The molecule has 3 N–H and O–H groups in total. The van der Waals surface area contributed by atoms with Gasteiger partial charge in [-0.1, -0.05) is 6.07 Å². The van der Waals surface area contributed by atoms with Gasteiger partial charge in [-0.3, -0.25) is 4.79 Å². The highest BCUT2D eigenvalue weighted by Crippen LogP contribution is 2.36. The zero-order valence-corrected chi connectivity index (χ0v) is 13.0. The third-order valence-electron chi connectivity index (χ3n) is 3.28. The van der Waals surface area contributed by atoms with Crippen LogP contribution in [0.1, 0.15) is 15.9 Å². The number of aromatic carboxylic acids is 1. The second-order valence-electron chi connectivity index (χ2n) is 4.76. The number of fused-ring (bicyclic) bond motifs is 1. The molecule has 2 rings (SSSR count). The number of methoxy groups -OCH3 is 1. The Morgan fingerprint density at radius 2 is 2.27 bits per heavy atom. The van der Waals surface area contributed by atoms with Crippen molar-refractivity contribution in [2.75, 3.05) is 19.1 Å². The predicted octanol–water partition coefficient (Wildman–Crippen LogP) is 0.196. The summed E-state index contributed by atoms with van der Waals surface area (Å²) in [6, 6.07) is 3.20. The van der Waals surface area contributed by atoms with Crippen LogP contribution in [0.4, 0.5) is 0 Å². The second kappa shape index (κ2) is 6.93. The molecule has 1 aromatic rings. The van der Waals surface area contributed by atoms with E-state index < -0.39 is 19.0 Å². The molecule has 1 aliphatic heterocycles. The first kappa shape index (κ1) is 16.5. The van der Waals surface area contributed by atoms with Gasteiger partial charge in [0.15, 0.2) is 0 Å². The monoisotopic (exact) mass is 325 g/mol. The summed E-state index contributed by atoms with van der Waals surface area (Å²) in [7, 11) is 0.0438. The van der Waals surface area contributed by atoms with E-state index >= 15 is 0 Å². The molecule has 0 aliphatic carbocycles. The molecule has 1 aliphatic rings. The Morgan fingerprint density at radius 3 is 2.86 bits per heavy atom. The van der Waals surface area contributed by atoms with Crippen LogP contribution in [-0.2, 0) is 11.2 Å². The lowest BCUT2D eigenvalue weighted by molar-refractivity contribution is -0.118. The van der Waals surface area contributed by atoms with Gasteiger partial charge in [-0.2, -0.15) is 11.8 Å². The summed E-state index contributed by atoms with van der Waals surface area (Å²) in [6.45, 7) is 0. The maximum atomic E-state index is 11.6. The number of carboxylic acid groups (broad SMARTS) is 1. The van der Waals surface area contributed by atoms with E-state index in [0.29, 0.717) is 5.56 Å². The number of amides is 1. The van der Waals surface area contributed by atoms with Crippen LogP contribution in [0.25, 0.3) is 0 Å². The Balaban J connectivity index is 2.29. The lowest BCUT2D eigenvalue weighted by atomic mass is 9.72. The average molecular weight is 325 g/mol. The molecule has 0 radical (unpaired) electrons. The highest BCUT2D eigenvalue weighted by atomic mass is 32.2. The summed E-state index contributed by atoms with van der Waals surface area (Å²) in [6.07, 6.45) is 2.08. The second-order valence-corrected chi connectivity index (χ2v) is 5.62. The van der Waals surface area contributed by atoms with Crippen molar-refractivity contribution in [2.24, 2.45) is 0 Å². The zero-order valence-electron chi connectivity index (χ0n) is 12.2. The summed E-state index contributed by atoms with van der Waals surface area (Å²) in [4.78, 5) is 23.0. The summed E-state index contributed by atoms with van der Waals surface area (Å²) in [5.41, 5.74) is 0.464. The molecule has 0 fully saturated rings. The molecular weight excluding hydrogens is 309 g/mol. The number of carboxylic acids is 1. The molecule has 9 heteroatoms. The summed E-state index contributed by atoms with van der Waals surface area (Å²) in [5.74, 6) is -1.53. The Hall–Kier alpha value is -1.87. The zero-order chi connectivity index (χ0) is 16.3. The molecule has 0 bridgehead atoms. The number of rotatable bonds is 5. The van der Waals surface area contributed by atoms with Crippen molar-refractivity contribution >= 4 is 30.8 Å². The number of ether oxygens (including phenoxy) is 1. The topological polar surface area (TPSA) is 105 Å². The maximum Gasteiger partial charge on any atom is 0.547 e. The van der Waals surface area contributed by atoms with E-state index in [1.807, 2.05) is 0 Å². The fourth-order valence-electron chi connectivity index (χ4n) is 2.32. The highest BCUT2D eigenvalue weighted by molar-refractivity contribution is 7.99. The molecule has 1 amide bonds. The van der Waals surface area contributed by atoms with Crippen molar-refractivity contribution < 1.29 is 29.1 Å². The molecular formula is C13H16BNO6S. The van der Waals surface area contributed by atoms with Crippen LogP contribution < -0.4 is 14.7 Å². The van der Waals surface area contributed by atoms with Gasteiger partial charge < -0.3 is 24.8 Å². The number of thioether (sulfide) groups is 1. The highest BCUT2D eigenvalue weighted by Gasteiger charge is 2.38. The fourth-order valence-corrected chi connectivity index (χ4v) is 2.66. The third-order valence-corrected chi connectivity index (χ3v) is 3.83. The number of carbonyl (C=O) groups excluding carboxylic acids is 1. The van der Waals surface area contributed by atoms with Crippen molar-refractivity contribution in [3.8, 4) is 11.5 Å². The quantitative estimate of drug-likeness (QED) is 0.664. The Bertz CT molecular complexity index is 596. The number of benzene rings is 1. The van der Waals surface area contributed by atoms with Crippen molar-refractivity contribution in [3.05, 3.63) is 23.3 Å². The standard InChI is InChI=1S/C13H16BNO6S/c1-20-8-4-3-7-5-9(15-10(16)6-22-2)14(19)21-12(7)11(8)13(17)18/h3-4,9,19H,5-6H2,1-2H3,(H,15,16)(H,17,18). The maximum absolute atomic E-state index is 11.6. The molecule has 0 aromatic heterocycles. The Kier molecular flexibility index (Phi) is 5.20. The van der Waals surface area contributed by atoms with E-state index in [1.165, 1.54) is 24.9 Å². The van der Waals surface area contributed by atoms with Gasteiger partial charge in [-0.15, -0.1) is 0 Å². The molecule has 118 valence electrons. The van der Waals surface area contributed by atoms with Crippen molar-refractivity contribution in [1.82, 2.24) is 5.32 Å². The lowest BCUT2D eigenvalue weighted by Gasteiger charge is -2.29. The molecule has 1 unspecified atom stereocenters. The smallest absolute Gasteiger partial charge is 0.534 e. The molecule has 0 saturated heterocycles. The average Bonchev–Trinajstić information content (AvgIpc) is 2.46. The largest absolute Gasteiger partial charge is 0.547 e. The first-order chi connectivity index (χ1) is 10.5. The van der Waals surface area contributed by atoms with E-state index in [9.17, 15) is 19.7 Å². The fraction of sp³-hybridized carbons (Fsp3) is 0.385. The molecule has 1 heterocycles. The minimum absolute atomic E-state index is 0.0784. The lowest BCUT2D eigenvalue weighted by Crippen LogP contribution is -2.53. The van der Waals surface area contributed by atoms with Crippen LogP contribution in [0.2, 0.25) is 0 Å². The van der Waals surface area contributed by atoms with Crippen molar-refractivity contribution in [1.29, 1.82) is 0 Å². The number of carbonyl (C=O) groups is 2. The normalized spacial score (nSPS) is 16.5. The van der Waals surface area contributed by atoms with E-state index in [2.05, 4.69) is 5.32 Å². The van der Waals surface area contributed by atoms with Gasteiger partial charge in [0.1, 0.15) is 17.1 Å². The van der Waals surface area contributed by atoms with Crippen LogP contribution in [0.3, 0.4) is 0 Å². The molecule has 7 nitrogen and oxygen atoms in total. The minimum atomic E-state index is -1.32. The van der Waals surface area contributed by atoms with E-state index in [1.54, 1.807) is 12.3 Å². The minimum Gasteiger partial charge on any atom is -0.534 e.